The van der Waals surface area contributed by atoms with Gasteiger partial charge in [-0.25, -0.2) is 0 Å². The molecule has 0 spiro atoms. The van der Waals surface area contributed by atoms with Crippen molar-refractivity contribution in [3.8, 4) is 0 Å². The maximum atomic E-state index is 12.8. The minimum atomic E-state index is -0.690. The molecule has 3 heterocycles. The predicted molar refractivity (Wildman–Crippen MR) is 94.7 cm³/mol. The first kappa shape index (κ1) is 16.9. The Bertz CT molecular complexity index is 957. The zero-order chi connectivity index (χ0) is 19.0. The zero-order valence-corrected chi connectivity index (χ0v) is 14.3. The molecule has 0 radical (unpaired) electrons. The van der Waals surface area contributed by atoms with Gasteiger partial charge in [0.05, 0.1) is 5.56 Å². The second-order valence-electron chi connectivity index (χ2n) is 6.43. The van der Waals surface area contributed by atoms with Crippen molar-refractivity contribution in [2.45, 2.75) is 25.4 Å². The van der Waals surface area contributed by atoms with Gasteiger partial charge in [0.1, 0.15) is 6.04 Å². The number of carbonyl (C=O) groups is 4. The van der Waals surface area contributed by atoms with E-state index in [4.69, 9.17) is 0 Å². The molecule has 4 rings (SSSR count). The number of imide groups is 1. The van der Waals surface area contributed by atoms with Crippen LogP contribution in [-0.2, 0) is 16.1 Å². The SMILES string of the molecule is O=C1CCC(N2Cc3c(NC(=O)c4cccnc4)cccc3C2=O)C(=O)N1. The van der Waals surface area contributed by atoms with E-state index in [1.54, 1.807) is 36.5 Å². The van der Waals surface area contributed by atoms with Gasteiger partial charge in [-0.2, -0.15) is 0 Å². The van der Waals surface area contributed by atoms with Crippen LogP contribution in [0.15, 0.2) is 42.7 Å². The summed E-state index contributed by atoms with van der Waals surface area (Å²) >= 11 is 0. The van der Waals surface area contributed by atoms with Gasteiger partial charge in [0.2, 0.25) is 11.8 Å². The molecule has 27 heavy (non-hydrogen) atoms. The van der Waals surface area contributed by atoms with Crippen molar-refractivity contribution in [1.29, 1.82) is 0 Å². The van der Waals surface area contributed by atoms with E-state index < -0.39 is 11.9 Å². The summed E-state index contributed by atoms with van der Waals surface area (Å²) in [4.78, 5) is 54.0. The van der Waals surface area contributed by atoms with Crippen molar-refractivity contribution in [3.05, 3.63) is 59.4 Å². The van der Waals surface area contributed by atoms with Crippen molar-refractivity contribution in [3.63, 3.8) is 0 Å². The maximum absolute atomic E-state index is 12.8. The van der Waals surface area contributed by atoms with Crippen LogP contribution in [0.2, 0.25) is 0 Å². The van der Waals surface area contributed by atoms with Crippen molar-refractivity contribution in [2.24, 2.45) is 0 Å². The molecule has 1 atom stereocenters. The van der Waals surface area contributed by atoms with Gasteiger partial charge in [0.25, 0.3) is 11.8 Å². The number of piperidine rings is 1. The molecule has 0 aliphatic carbocycles. The summed E-state index contributed by atoms with van der Waals surface area (Å²) in [5.41, 5.74) is 2.03. The molecule has 1 aromatic carbocycles. The number of nitrogens with zero attached hydrogens (tertiary/aromatic N) is 2. The van der Waals surface area contributed by atoms with Gasteiger partial charge in [-0.15, -0.1) is 0 Å². The van der Waals surface area contributed by atoms with Gasteiger partial charge in [-0.1, -0.05) is 6.07 Å². The summed E-state index contributed by atoms with van der Waals surface area (Å²) in [6.45, 7) is 0.198. The number of pyridine rings is 1. The fourth-order valence-corrected chi connectivity index (χ4v) is 3.39. The van der Waals surface area contributed by atoms with Crippen LogP contribution in [0, 0.1) is 0 Å². The number of anilines is 1. The molecule has 1 saturated heterocycles. The van der Waals surface area contributed by atoms with E-state index in [0.717, 1.165) is 0 Å². The molecule has 4 amide bonds. The first-order valence-electron chi connectivity index (χ1n) is 8.52. The molecule has 1 fully saturated rings. The van der Waals surface area contributed by atoms with E-state index in [2.05, 4.69) is 15.6 Å². The summed E-state index contributed by atoms with van der Waals surface area (Å²) in [5, 5.41) is 5.08. The number of carbonyl (C=O) groups excluding carboxylic acids is 4. The smallest absolute Gasteiger partial charge is 0.257 e. The monoisotopic (exact) mass is 364 g/mol. The van der Waals surface area contributed by atoms with E-state index in [9.17, 15) is 19.2 Å². The average molecular weight is 364 g/mol. The zero-order valence-electron chi connectivity index (χ0n) is 14.3. The average Bonchev–Trinajstić information content (AvgIpc) is 3.00. The van der Waals surface area contributed by atoms with Crippen molar-refractivity contribution >= 4 is 29.3 Å². The number of aromatic nitrogens is 1. The summed E-state index contributed by atoms with van der Waals surface area (Å²) in [6.07, 6.45) is 3.52. The Balaban J connectivity index is 1.59. The molecule has 136 valence electrons. The van der Waals surface area contributed by atoms with Crippen LogP contribution >= 0.6 is 0 Å². The van der Waals surface area contributed by atoms with Crippen LogP contribution in [0.4, 0.5) is 5.69 Å². The molecule has 8 nitrogen and oxygen atoms in total. The van der Waals surface area contributed by atoms with E-state index in [-0.39, 0.29) is 30.7 Å². The first-order valence-corrected chi connectivity index (χ1v) is 8.52. The molecule has 1 aromatic heterocycles. The lowest BCUT2D eigenvalue weighted by molar-refractivity contribution is -0.136. The second kappa shape index (κ2) is 6.64. The first-order chi connectivity index (χ1) is 13.0. The van der Waals surface area contributed by atoms with Crippen LogP contribution < -0.4 is 10.6 Å². The molecule has 0 bridgehead atoms. The fraction of sp³-hybridized carbons (Fsp3) is 0.211. The quantitative estimate of drug-likeness (QED) is 0.793. The highest BCUT2D eigenvalue weighted by atomic mass is 16.2. The number of rotatable bonds is 3. The molecular formula is C19H16N4O4. The Morgan fingerprint density at radius 3 is 2.78 bits per heavy atom. The van der Waals surface area contributed by atoms with E-state index in [1.165, 1.54) is 11.1 Å². The highest BCUT2D eigenvalue weighted by Crippen LogP contribution is 2.32. The molecule has 0 saturated carbocycles. The molecule has 2 N–H and O–H groups in total. The Labute approximate surface area is 154 Å². The van der Waals surface area contributed by atoms with Crippen LogP contribution in [-0.4, -0.2) is 39.6 Å². The number of benzene rings is 1. The Morgan fingerprint density at radius 1 is 1.19 bits per heavy atom. The lowest BCUT2D eigenvalue weighted by Crippen LogP contribution is -2.52. The normalized spacial score (nSPS) is 18.9. The molecule has 2 aliphatic heterocycles. The minimum Gasteiger partial charge on any atom is -0.322 e. The van der Waals surface area contributed by atoms with E-state index >= 15 is 0 Å². The van der Waals surface area contributed by atoms with Gasteiger partial charge >= 0.3 is 0 Å². The highest BCUT2D eigenvalue weighted by Gasteiger charge is 2.39. The van der Waals surface area contributed by atoms with E-state index in [1.807, 2.05) is 0 Å². The molecule has 1 unspecified atom stereocenters. The lowest BCUT2D eigenvalue weighted by Gasteiger charge is -2.29. The molecule has 2 aromatic rings. The maximum Gasteiger partial charge on any atom is 0.257 e. The van der Waals surface area contributed by atoms with Crippen molar-refractivity contribution in [2.75, 3.05) is 5.32 Å². The van der Waals surface area contributed by atoms with Gasteiger partial charge in [0.15, 0.2) is 0 Å². The number of hydrogen-bond donors (Lipinski definition) is 2. The minimum absolute atomic E-state index is 0.196. The van der Waals surface area contributed by atoms with Crippen LogP contribution in [0.3, 0.4) is 0 Å². The number of hydrogen-bond acceptors (Lipinski definition) is 5. The number of fused-ring (bicyclic) bond motifs is 1. The second-order valence-corrected chi connectivity index (χ2v) is 6.43. The Hall–Kier alpha value is -3.55. The standard InChI is InChI=1S/C19H16N4O4/c24-16-7-6-15(18(26)22-16)23-10-13-12(19(23)27)4-1-5-14(13)21-17(25)11-3-2-8-20-9-11/h1-5,8-9,15H,6-7,10H2,(H,21,25)(H,22,24,26). The molecule has 2 aliphatic rings. The van der Waals surface area contributed by atoms with Gasteiger partial charge in [-0.3, -0.25) is 29.5 Å². The summed E-state index contributed by atoms with van der Waals surface area (Å²) in [7, 11) is 0. The number of amides is 4. The summed E-state index contributed by atoms with van der Waals surface area (Å²) < 4.78 is 0. The van der Waals surface area contributed by atoms with Gasteiger partial charge in [0, 0.05) is 42.2 Å². The third kappa shape index (κ3) is 3.05. The van der Waals surface area contributed by atoms with Crippen molar-refractivity contribution < 1.29 is 19.2 Å². The Morgan fingerprint density at radius 2 is 2.04 bits per heavy atom. The Kier molecular flexibility index (Phi) is 4.15. The summed E-state index contributed by atoms with van der Waals surface area (Å²) in [6, 6.07) is 7.69. The van der Waals surface area contributed by atoms with Crippen LogP contribution in [0.5, 0.6) is 0 Å². The van der Waals surface area contributed by atoms with Crippen LogP contribution in [0.1, 0.15) is 39.1 Å². The third-order valence-corrected chi connectivity index (χ3v) is 4.75. The fourth-order valence-electron chi connectivity index (χ4n) is 3.39. The molecule has 8 heteroatoms. The lowest BCUT2D eigenvalue weighted by atomic mass is 10.0. The van der Waals surface area contributed by atoms with E-state index in [0.29, 0.717) is 28.8 Å². The largest absolute Gasteiger partial charge is 0.322 e. The van der Waals surface area contributed by atoms with Gasteiger partial charge < -0.3 is 10.2 Å². The summed E-state index contributed by atoms with van der Waals surface area (Å²) in [5.74, 6) is -1.40. The van der Waals surface area contributed by atoms with Crippen LogP contribution in [0.25, 0.3) is 0 Å². The molecular weight excluding hydrogens is 348 g/mol. The highest BCUT2D eigenvalue weighted by molar-refractivity contribution is 6.08. The van der Waals surface area contributed by atoms with Crippen molar-refractivity contribution in [1.82, 2.24) is 15.2 Å². The predicted octanol–water partition coefficient (Wildman–Crippen LogP) is 1.09. The number of nitrogens with one attached hydrogen (secondary N) is 2. The topological polar surface area (TPSA) is 108 Å². The third-order valence-electron chi connectivity index (χ3n) is 4.75. The van der Waals surface area contributed by atoms with Gasteiger partial charge in [-0.05, 0) is 30.7 Å².